The summed E-state index contributed by atoms with van der Waals surface area (Å²) in [5.74, 6) is 1.17. The molecule has 0 saturated heterocycles. The first-order valence-corrected chi connectivity index (χ1v) is 13.0. The average molecular weight is 510 g/mol. The van der Waals surface area contributed by atoms with Crippen LogP contribution in [0.15, 0.2) is 48.7 Å². The molecule has 200 valence electrons. The standard InChI is InChI=1S/C29H39N3O5/c1-5-35-25-10-7-8-11-26(25)37-17-14-31-21(3)18-22-19-23-13-16-32(15-9-12-27(33)36-6-2)28(23)24(20-22)29(34)30-4/h7-8,10-11,13,16,19-21,31H,5-6,9,12,14-15,17-18H2,1-4H3,(H,30,34). The Hall–Kier alpha value is -3.52. The van der Waals surface area contributed by atoms with Gasteiger partial charge < -0.3 is 29.4 Å². The number of ether oxygens (including phenoxy) is 3. The second kappa shape index (κ2) is 14.3. The molecule has 8 nitrogen and oxygen atoms in total. The van der Waals surface area contributed by atoms with Crippen LogP contribution >= 0.6 is 0 Å². The molecule has 1 aromatic heterocycles. The molecular formula is C29H39N3O5. The van der Waals surface area contributed by atoms with E-state index < -0.39 is 0 Å². The zero-order chi connectivity index (χ0) is 26.6. The third-order valence-electron chi connectivity index (χ3n) is 6.02. The predicted molar refractivity (Wildman–Crippen MR) is 145 cm³/mol. The zero-order valence-corrected chi connectivity index (χ0v) is 22.3. The summed E-state index contributed by atoms with van der Waals surface area (Å²) in [4.78, 5) is 24.5. The molecular weight excluding hydrogens is 470 g/mol. The Morgan fingerprint density at radius 2 is 1.78 bits per heavy atom. The number of hydrogen-bond donors (Lipinski definition) is 2. The summed E-state index contributed by atoms with van der Waals surface area (Å²) in [7, 11) is 1.64. The lowest BCUT2D eigenvalue weighted by Crippen LogP contribution is -2.32. The number of rotatable bonds is 15. The minimum absolute atomic E-state index is 0.126. The van der Waals surface area contributed by atoms with Crippen LogP contribution in [0, 0.1) is 0 Å². The number of nitrogens with one attached hydrogen (secondary N) is 2. The number of para-hydroxylation sites is 2. The lowest BCUT2D eigenvalue weighted by Gasteiger charge is -2.17. The molecule has 2 aromatic carbocycles. The van der Waals surface area contributed by atoms with Gasteiger partial charge in [0.05, 0.1) is 24.3 Å². The first-order chi connectivity index (χ1) is 18.0. The van der Waals surface area contributed by atoms with Crippen molar-refractivity contribution in [3.8, 4) is 11.5 Å². The largest absolute Gasteiger partial charge is 0.490 e. The Balaban J connectivity index is 1.61. The highest BCUT2D eigenvalue weighted by molar-refractivity contribution is 6.06. The van der Waals surface area contributed by atoms with E-state index in [1.807, 2.05) is 54.1 Å². The van der Waals surface area contributed by atoms with Gasteiger partial charge in [-0.15, -0.1) is 0 Å². The van der Waals surface area contributed by atoms with Crippen LogP contribution in [0.5, 0.6) is 11.5 Å². The Morgan fingerprint density at radius 1 is 1.03 bits per heavy atom. The number of aryl methyl sites for hydroxylation is 1. The first kappa shape index (κ1) is 28.1. The maximum absolute atomic E-state index is 12.8. The second-order valence-electron chi connectivity index (χ2n) is 8.87. The first-order valence-electron chi connectivity index (χ1n) is 13.0. The molecule has 0 aliphatic carbocycles. The molecule has 0 aliphatic rings. The van der Waals surface area contributed by atoms with Gasteiger partial charge in [0.25, 0.3) is 5.91 Å². The van der Waals surface area contributed by atoms with Crippen LogP contribution in [0.2, 0.25) is 0 Å². The fourth-order valence-corrected chi connectivity index (χ4v) is 4.39. The molecule has 37 heavy (non-hydrogen) atoms. The fourth-order valence-electron chi connectivity index (χ4n) is 4.39. The molecule has 1 unspecified atom stereocenters. The smallest absolute Gasteiger partial charge is 0.305 e. The van der Waals surface area contributed by atoms with Crippen molar-refractivity contribution in [2.75, 3.05) is 33.4 Å². The number of fused-ring (bicyclic) bond motifs is 1. The van der Waals surface area contributed by atoms with Crippen LogP contribution in [0.25, 0.3) is 10.9 Å². The Bertz CT molecular complexity index is 1170. The van der Waals surface area contributed by atoms with Gasteiger partial charge in [0.15, 0.2) is 11.5 Å². The zero-order valence-electron chi connectivity index (χ0n) is 22.3. The van der Waals surface area contributed by atoms with Crippen molar-refractivity contribution < 1.29 is 23.8 Å². The number of amides is 1. The summed E-state index contributed by atoms with van der Waals surface area (Å²) < 4.78 is 18.6. The van der Waals surface area contributed by atoms with E-state index in [1.165, 1.54) is 0 Å². The summed E-state index contributed by atoms with van der Waals surface area (Å²) in [5, 5.41) is 7.28. The average Bonchev–Trinajstić information content (AvgIpc) is 3.29. The topological polar surface area (TPSA) is 90.8 Å². The van der Waals surface area contributed by atoms with Gasteiger partial charge in [-0.2, -0.15) is 0 Å². The maximum Gasteiger partial charge on any atom is 0.305 e. The third-order valence-corrected chi connectivity index (χ3v) is 6.02. The number of nitrogens with zero attached hydrogens (tertiary/aromatic N) is 1. The summed E-state index contributed by atoms with van der Waals surface area (Å²) in [5.41, 5.74) is 2.60. The molecule has 1 amide bonds. The van der Waals surface area contributed by atoms with E-state index in [0.717, 1.165) is 34.4 Å². The van der Waals surface area contributed by atoms with Crippen molar-refractivity contribution in [3.05, 3.63) is 59.8 Å². The fraction of sp³-hybridized carbons (Fsp3) is 0.448. The van der Waals surface area contributed by atoms with E-state index in [2.05, 4.69) is 23.6 Å². The molecule has 0 saturated carbocycles. The van der Waals surface area contributed by atoms with Crippen LogP contribution in [-0.2, 0) is 22.5 Å². The Kier molecular flexibility index (Phi) is 10.8. The van der Waals surface area contributed by atoms with E-state index in [-0.39, 0.29) is 17.9 Å². The molecule has 1 atom stereocenters. The molecule has 0 spiro atoms. The number of esters is 1. The molecule has 0 aliphatic heterocycles. The van der Waals surface area contributed by atoms with E-state index in [4.69, 9.17) is 14.2 Å². The number of carbonyl (C=O) groups excluding carboxylic acids is 2. The van der Waals surface area contributed by atoms with Crippen molar-refractivity contribution in [1.82, 2.24) is 15.2 Å². The van der Waals surface area contributed by atoms with Crippen LogP contribution in [0.1, 0.15) is 49.5 Å². The van der Waals surface area contributed by atoms with Gasteiger partial charge in [-0.3, -0.25) is 9.59 Å². The van der Waals surface area contributed by atoms with Crippen molar-refractivity contribution in [1.29, 1.82) is 0 Å². The SMILES string of the molecule is CCOC(=O)CCCn1ccc2cc(CC(C)NCCOc3ccccc3OCC)cc(C(=O)NC)c21. The van der Waals surface area contributed by atoms with Crippen molar-refractivity contribution >= 4 is 22.8 Å². The minimum atomic E-state index is -0.196. The van der Waals surface area contributed by atoms with Gasteiger partial charge >= 0.3 is 5.97 Å². The maximum atomic E-state index is 12.8. The molecule has 3 aromatic rings. The van der Waals surface area contributed by atoms with Gasteiger partial charge in [-0.05, 0) is 69.5 Å². The predicted octanol–water partition coefficient (Wildman–Crippen LogP) is 4.34. The summed E-state index contributed by atoms with van der Waals surface area (Å²) >= 11 is 0. The minimum Gasteiger partial charge on any atom is -0.490 e. The number of carbonyl (C=O) groups is 2. The van der Waals surface area contributed by atoms with Gasteiger partial charge in [-0.1, -0.05) is 12.1 Å². The van der Waals surface area contributed by atoms with Crippen LogP contribution < -0.4 is 20.1 Å². The highest BCUT2D eigenvalue weighted by Crippen LogP contribution is 2.26. The van der Waals surface area contributed by atoms with Crippen molar-refractivity contribution in [2.24, 2.45) is 0 Å². The normalized spacial score (nSPS) is 11.8. The summed E-state index contributed by atoms with van der Waals surface area (Å²) in [6.45, 7) is 8.70. The molecule has 1 heterocycles. The van der Waals surface area contributed by atoms with E-state index in [1.54, 1.807) is 14.0 Å². The van der Waals surface area contributed by atoms with E-state index in [9.17, 15) is 9.59 Å². The van der Waals surface area contributed by atoms with Gasteiger partial charge in [0, 0.05) is 44.2 Å². The van der Waals surface area contributed by atoms with Gasteiger partial charge in [0.2, 0.25) is 0 Å². The number of aromatic nitrogens is 1. The second-order valence-corrected chi connectivity index (χ2v) is 8.87. The van der Waals surface area contributed by atoms with Crippen molar-refractivity contribution in [3.63, 3.8) is 0 Å². The third kappa shape index (κ3) is 7.98. The molecule has 0 fully saturated rings. The van der Waals surface area contributed by atoms with E-state index in [0.29, 0.717) is 51.3 Å². The molecule has 0 bridgehead atoms. The number of hydrogen-bond acceptors (Lipinski definition) is 6. The Labute approximate surface area is 219 Å². The molecule has 8 heteroatoms. The lowest BCUT2D eigenvalue weighted by atomic mass is 10.0. The van der Waals surface area contributed by atoms with Crippen LogP contribution in [0.4, 0.5) is 0 Å². The molecule has 2 N–H and O–H groups in total. The van der Waals surface area contributed by atoms with Crippen molar-refractivity contribution in [2.45, 2.75) is 52.6 Å². The van der Waals surface area contributed by atoms with Crippen LogP contribution in [-0.4, -0.2) is 55.9 Å². The Morgan fingerprint density at radius 3 is 2.49 bits per heavy atom. The highest BCUT2D eigenvalue weighted by atomic mass is 16.5. The molecule has 3 rings (SSSR count). The quantitative estimate of drug-likeness (QED) is 0.234. The number of benzene rings is 2. The highest BCUT2D eigenvalue weighted by Gasteiger charge is 2.16. The van der Waals surface area contributed by atoms with E-state index >= 15 is 0 Å². The van der Waals surface area contributed by atoms with Crippen LogP contribution in [0.3, 0.4) is 0 Å². The lowest BCUT2D eigenvalue weighted by molar-refractivity contribution is -0.143. The molecule has 0 radical (unpaired) electrons. The monoisotopic (exact) mass is 509 g/mol. The summed E-state index contributed by atoms with van der Waals surface area (Å²) in [6.07, 6.45) is 3.75. The van der Waals surface area contributed by atoms with Gasteiger partial charge in [0.1, 0.15) is 6.61 Å². The van der Waals surface area contributed by atoms with Gasteiger partial charge in [-0.25, -0.2) is 0 Å². The summed E-state index contributed by atoms with van der Waals surface area (Å²) in [6, 6.07) is 14.0.